The number of benzene rings is 1. The Morgan fingerprint density at radius 1 is 1.00 bits per heavy atom. The number of ether oxygens (including phenoxy) is 1. The summed E-state index contributed by atoms with van der Waals surface area (Å²) in [6, 6.07) is 12.2. The van der Waals surface area contributed by atoms with Gasteiger partial charge in [0.2, 0.25) is 0 Å². The largest absolute Gasteiger partial charge is 0.488 e. The number of hydrogen-bond acceptors (Lipinski definition) is 2. The summed E-state index contributed by atoms with van der Waals surface area (Å²) in [4.78, 5) is 4.40. The van der Waals surface area contributed by atoms with E-state index in [0.717, 1.165) is 23.4 Å². The van der Waals surface area contributed by atoms with Crippen molar-refractivity contribution >= 4 is 0 Å². The third-order valence-electron chi connectivity index (χ3n) is 2.73. The van der Waals surface area contributed by atoms with Crippen LogP contribution < -0.4 is 4.74 Å². The van der Waals surface area contributed by atoms with Crippen LogP contribution in [0, 0.1) is 0 Å². The van der Waals surface area contributed by atoms with E-state index in [-0.39, 0.29) is 0 Å². The molecule has 0 bridgehead atoms. The summed E-state index contributed by atoms with van der Waals surface area (Å²) in [7, 11) is 0. The van der Waals surface area contributed by atoms with Crippen molar-refractivity contribution in [3.63, 3.8) is 0 Å². The van der Waals surface area contributed by atoms with Gasteiger partial charge in [0.25, 0.3) is 0 Å². The lowest BCUT2D eigenvalue weighted by Crippen LogP contribution is -1.93. The lowest BCUT2D eigenvalue weighted by molar-refractivity contribution is 0.362. The summed E-state index contributed by atoms with van der Waals surface area (Å²) in [5, 5.41) is 0. The fourth-order valence-electron chi connectivity index (χ4n) is 1.77. The number of nitrogens with zero attached hydrogens (tertiary/aromatic N) is 1. The molecule has 1 heterocycles. The highest BCUT2D eigenvalue weighted by Gasteiger charge is 2.00. The number of aromatic nitrogens is 1. The fourth-order valence-corrected chi connectivity index (χ4v) is 1.77. The molecule has 2 aromatic rings. The van der Waals surface area contributed by atoms with Crippen LogP contribution in [0.5, 0.6) is 5.75 Å². The van der Waals surface area contributed by atoms with Gasteiger partial charge in [-0.25, -0.2) is 0 Å². The van der Waals surface area contributed by atoms with Crippen molar-refractivity contribution in [2.24, 2.45) is 0 Å². The second-order valence-corrected chi connectivity index (χ2v) is 4.17. The summed E-state index contributed by atoms with van der Waals surface area (Å²) in [5.41, 5.74) is 3.30. The first-order chi connectivity index (χ1) is 9.33. The third-order valence-corrected chi connectivity index (χ3v) is 2.73. The maximum Gasteiger partial charge on any atom is 0.138 e. The first-order valence-electron chi connectivity index (χ1n) is 6.23. The van der Waals surface area contributed by atoms with E-state index in [1.165, 1.54) is 5.56 Å². The van der Waals surface area contributed by atoms with Gasteiger partial charge in [0, 0.05) is 5.56 Å². The Bertz CT molecular complexity index is 540. The summed E-state index contributed by atoms with van der Waals surface area (Å²) >= 11 is 0. The van der Waals surface area contributed by atoms with Gasteiger partial charge in [-0.2, -0.15) is 0 Å². The Morgan fingerprint density at radius 2 is 1.79 bits per heavy atom. The average molecular weight is 251 g/mol. The van der Waals surface area contributed by atoms with E-state index in [1.54, 1.807) is 12.3 Å². The van der Waals surface area contributed by atoms with Gasteiger partial charge in [-0.05, 0) is 24.1 Å². The lowest BCUT2D eigenvalue weighted by atomic mass is 10.1. The summed E-state index contributed by atoms with van der Waals surface area (Å²) in [5.74, 6) is 0.756. The van der Waals surface area contributed by atoms with Gasteiger partial charge in [-0.3, -0.25) is 4.98 Å². The molecule has 0 aliphatic carbocycles. The molecule has 2 nitrogen and oxygen atoms in total. The van der Waals surface area contributed by atoms with E-state index in [4.69, 9.17) is 4.74 Å². The molecule has 2 rings (SSSR count). The zero-order valence-corrected chi connectivity index (χ0v) is 10.9. The number of pyridine rings is 1. The van der Waals surface area contributed by atoms with Gasteiger partial charge in [0.15, 0.2) is 0 Å². The summed E-state index contributed by atoms with van der Waals surface area (Å²) in [6.45, 7) is 7.85. The molecule has 0 N–H and O–H groups in total. The maximum atomic E-state index is 5.41. The first-order valence-corrected chi connectivity index (χ1v) is 6.23. The highest BCUT2D eigenvalue weighted by atomic mass is 16.5. The molecule has 0 aliphatic heterocycles. The fraction of sp³-hybridized carbons (Fsp3) is 0.118. The maximum absolute atomic E-state index is 5.41. The van der Waals surface area contributed by atoms with Crippen LogP contribution in [0.3, 0.4) is 0 Å². The molecule has 0 aliphatic rings. The summed E-state index contributed by atoms with van der Waals surface area (Å²) in [6.07, 6.45) is 6.24. The smallest absolute Gasteiger partial charge is 0.138 e. The molecule has 0 spiro atoms. The van der Waals surface area contributed by atoms with E-state index in [1.807, 2.05) is 18.2 Å². The van der Waals surface area contributed by atoms with Crippen molar-refractivity contribution < 1.29 is 4.74 Å². The van der Waals surface area contributed by atoms with Crippen LogP contribution in [-0.2, 0) is 6.42 Å². The van der Waals surface area contributed by atoms with Crippen LogP contribution >= 0.6 is 0 Å². The van der Waals surface area contributed by atoms with Crippen molar-refractivity contribution in [2.75, 3.05) is 6.61 Å². The van der Waals surface area contributed by atoms with Crippen molar-refractivity contribution in [1.29, 1.82) is 0 Å². The van der Waals surface area contributed by atoms with Crippen molar-refractivity contribution in [2.45, 2.75) is 6.42 Å². The monoisotopic (exact) mass is 251 g/mol. The highest BCUT2D eigenvalue weighted by Crippen LogP contribution is 2.20. The number of hydrogen-bond donors (Lipinski definition) is 0. The molecule has 0 saturated heterocycles. The Kier molecular flexibility index (Phi) is 4.51. The van der Waals surface area contributed by atoms with Crippen LogP contribution in [-0.4, -0.2) is 11.6 Å². The first kappa shape index (κ1) is 13.1. The number of rotatable bonds is 6. The predicted molar refractivity (Wildman–Crippen MR) is 79.3 cm³/mol. The quantitative estimate of drug-likeness (QED) is 0.723. The second-order valence-electron chi connectivity index (χ2n) is 4.17. The van der Waals surface area contributed by atoms with Crippen molar-refractivity contribution in [3.05, 3.63) is 73.5 Å². The van der Waals surface area contributed by atoms with Gasteiger partial charge in [0.1, 0.15) is 12.4 Å². The lowest BCUT2D eigenvalue weighted by Gasteiger charge is -2.05. The minimum atomic E-state index is 0.497. The SMILES string of the molecule is C=CCOc1ccc(-c2ccc(CC=C)cc2)nc1. The van der Waals surface area contributed by atoms with Gasteiger partial charge < -0.3 is 4.74 Å². The van der Waals surface area contributed by atoms with Crippen LogP contribution in [0.15, 0.2) is 67.9 Å². The second kappa shape index (κ2) is 6.55. The van der Waals surface area contributed by atoms with E-state index in [2.05, 4.69) is 42.4 Å². The number of allylic oxidation sites excluding steroid dienone is 1. The molecule has 1 aromatic carbocycles. The normalized spacial score (nSPS) is 9.89. The van der Waals surface area contributed by atoms with Crippen LogP contribution in [0.1, 0.15) is 5.56 Å². The van der Waals surface area contributed by atoms with Crippen molar-refractivity contribution in [1.82, 2.24) is 4.98 Å². The van der Waals surface area contributed by atoms with Crippen LogP contribution in [0.25, 0.3) is 11.3 Å². The van der Waals surface area contributed by atoms with Crippen LogP contribution in [0.2, 0.25) is 0 Å². The zero-order chi connectivity index (χ0) is 13.5. The Labute approximate surface area is 114 Å². The van der Waals surface area contributed by atoms with E-state index < -0.39 is 0 Å². The van der Waals surface area contributed by atoms with Gasteiger partial charge >= 0.3 is 0 Å². The molecule has 1 aromatic heterocycles. The Hall–Kier alpha value is -2.35. The van der Waals surface area contributed by atoms with E-state index >= 15 is 0 Å². The molecule has 0 radical (unpaired) electrons. The predicted octanol–water partition coefficient (Wildman–Crippen LogP) is 4.04. The molecular weight excluding hydrogens is 234 g/mol. The molecule has 19 heavy (non-hydrogen) atoms. The molecule has 96 valence electrons. The van der Waals surface area contributed by atoms with E-state index in [0.29, 0.717) is 6.61 Å². The Morgan fingerprint density at radius 3 is 2.37 bits per heavy atom. The molecule has 0 saturated carbocycles. The van der Waals surface area contributed by atoms with Crippen LogP contribution in [0.4, 0.5) is 0 Å². The van der Waals surface area contributed by atoms with Gasteiger partial charge in [-0.15, -0.1) is 6.58 Å². The molecular formula is C17H17NO. The molecule has 0 atom stereocenters. The Balaban J connectivity index is 2.12. The molecule has 0 unspecified atom stereocenters. The average Bonchev–Trinajstić information content (AvgIpc) is 2.47. The van der Waals surface area contributed by atoms with Gasteiger partial charge in [0.05, 0.1) is 11.9 Å². The zero-order valence-electron chi connectivity index (χ0n) is 10.9. The molecule has 0 amide bonds. The summed E-state index contributed by atoms with van der Waals surface area (Å²) < 4.78 is 5.41. The molecule has 0 fully saturated rings. The van der Waals surface area contributed by atoms with E-state index in [9.17, 15) is 0 Å². The topological polar surface area (TPSA) is 22.1 Å². The highest BCUT2D eigenvalue weighted by molar-refractivity contribution is 5.59. The standard InChI is InChI=1S/C17H17NO/c1-3-5-14-6-8-15(9-7-14)17-11-10-16(13-18-17)19-12-4-2/h3-4,6-11,13H,1-2,5,12H2. The molecule has 2 heteroatoms. The minimum absolute atomic E-state index is 0.497. The minimum Gasteiger partial charge on any atom is -0.488 e. The van der Waals surface area contributed by atoms with Crippen molar-refractivity contribution in [3.8, 4) is 17.0 Å². The van der Waals surface area contributed by atoms with Gasteiger partial charge in [-0.1, -0.05) is 43.0 Å². The third kappa shape index (κ3) is 3.55.